The Hall–Kier alpha value is -2.53. The molecule has 0 atom stereocenters. The molecule has 2 aromatic rings. The van der Waals surface area contributed by atoms with E-state index in [1.54, 1.807) is 7.11 Å². The molecule has 0 aliphatic carbocycles. The molecule has 3 N–H and O–H groups in total. The Morgan fingerprint density at radius 3 is 2.68 bits per heavy atom. The van der Waals surface area contributed by atoms with Gasteiger partial charge in [-0.05, 0) is 41.8 Å². The number of guanidine groups is 1. The summed E-state index contributed by atoms with van der Waals surface area (Å²) in [5.74, 6) is 1.24. The summed E-state index contributed by atoms with van der Waals surface area (Å²) in [5, 5.41) is 3.13. The minimum absolute atomic E-state index is 0.402. The van der Waals surface area contributed by atoms with Gasteiger partial charge in [0, 0.05) is 25.8 Å². The van der Waals surface area contributed by atoms with Gasteiger partial charge in [-0.15, -0.1) is 0 Å². The number of hydrogen-bond acceptors (Lipinski definition) is 3. The largest absolute Gasteiger partial charge is 0.493 e. The number of nitrogens with two attached hydrogens (primary N) is 1. The van der Waals surface area contributed by atoms with Crippen molar-refractivity contribution in [2.45, 2.75) is 26.3 Å². The predicted molar refractivity (Wildman–Crippen MR) is 103 cm³/mol. The third-order valence-corrected chi connectivity index (χ3v) is 3.70. The summed E-state index contributed by atoms with van der Waals surface area (Å²) in [7, 11) is 1.69. The zero-order valence-electron chi connectivity index (χ0n) is 15.0. The summed E-state index contributed by atoms with van der Waals surface area (Å²) in [5.41, 5.74) is 9.26. The van der Waals surface area contributed by atoms with Crippen LogP contribution in [-0.2, 0) is 17.7 Å². The van der Waals surface area contributed by atoms with Crippen LogP contribution in [0.25, 0.3) is 0 Å². The summed E-state index contributed by atoms with van der Waals surface area (Å²) in [4.78, 5) is 4.40. The molecule has 0 fully saturated rings. The first-order chi connectivity index (χ1) is 12.2. The smallest absolute Gasteiger partial charge is 0.193 e. The first-order valence-corrected chi connectivity index (χ1v) is 8.58. The Balaban J connectivity index is 1.89. The van der Waals surface area contributed by atoms with Crippen LogP contribution in [0, 0.1) is 0 Å². The Morgan fingerprint density at radius 1 is 1.08 bits per heavy atom. The highest BCUT2D eigenvalue weighted by Crippen LogP contribution is 2.15. The van der Waals surface area contributed by atoms with Gasteiger partial charge in [0.05, 0.1) is 13.2 Å². The van der Waals surface area contributed by atoms with Gasteiger partial charge in [-0.25, -0.2) is 4.99 Å². The van der Waals surface area contributed by atoms with E-state index in [-0.39, 0.29) is 0 Å². The van der Waals surface area contributed by atoms with Gasteiger partial charge < -0.3 is 20.5 Å². The van der Waals surface area contributed by atoms with Crippen molar-refractivity contribution in [2.24, 2.45) is 10.7 Å². The summed E-state index contributed by atoms with van der Waals surface area (Å²) < 4.78 is 10.7. The lowest BCUT2D eigenvalue weighted by molar-refractivity contribution is 0.172. The van der Waals surface area contributed by atoms with E-state index in [0.29, 0.717) is 25.7 Å². The van der Waals surface area contributed by atoms with Crippen LogP contribution in [0.2, 0.25) is 0 Å². The van der Waals surface area contributed by atoms with E-state index < -0.39 is 0 Å². The van der Waals surface area contributed by atoms with Gasteiger partial charge in [0.2, 0.25) is 0 Å². The molecular formula is C20H27N3O2. The van der Waals surface area contributed by atoms with Gasteiger partial charge in [-0.1, -0.05) is 31.2 Å². The van der Waals surface area contributed by atoms with Crippen molar-refractivity contribution in [1.29, 1.82) is 0 Å². The molecule has 0 aromatic heterocycles. The van der Waals surface area contributed by atoms with Crippen LogP contribution in [0.4, 0.5) is 5.69 Å². The molecule has 0 radical (unpaired) electrons. The standard InChI is InChI=1S/C20H27N3O2/c1-3-16-7-4-9-18(13-16)23-20(21)22-15-17-8-5-10-19(14-17)25-12-6-11-24-2/h4-5,7-10,13-14H,3,6,11-12,15H2,1-2H3,(H3,21,22,23). The fraction of sp³-hybridized carbons (Fsp3) is 0.350. The molecule has 0 aliphatic heterocycles. The number of rotatable bonds is 9. The van der Waals surface area contributed by atoms with E-state index in [1.165, 1.54) is 5.56 Å². The minimum Gasteiger partial charge on any atom is -0.493 e. The van der Waals surface area contributed by atoms with Gasteiger partial charge in [0.25, 0.3) is 0 Å². The van der Waals surface area contributed by atoms with Crippen LogP contribution < -0.4 is 15.8 Å². The van der Waals surface area contributed by atoms with Crippen molar-refractivity contribution in [3.63, 3.8) is 0 Å². The molecule has 0 unspecified atom stereocenters. The Kier molecular flexibility index (Phi) is 7.79. The highest BCUT2D eigenvalue weighted by molar-refractivity contribution is 5.92. The highest BCUT2D eigenvalue weighted by Gasteiger charge is 1.99. The van der Waals surface area contributed by atoms with Crippen LogP contribution in [0.3, 0.4) is 0 Å². The van der Waals surface area contributed by atoms with E-state index in [0.717, 1.165) is 29.8 Å². The second-order valence-corrected chi connectivity index (χ2v) is 5.72. The molecule has 0 aliphatic rings. The van der Waals surface area contributed by atoms with Crippen LogP contribution in [-0.4, -0.2) is 26.3 Å². The molecule has 0 heterocycles. The van der Waals surface area contributed by atoms with Gasteiger partial charge in [-0.2, -0.15) is 0 Å². The molecule has 2 rings (SSSR count). The summed E-state index contributed by atoms with van der Waals surface area (Å²) in [6, 6.07) is 16.1. The van der Waals surface area contributed by atoms with E-state index in [1.807, 2.05) is 36.4 Å². The fourth-order valence-corrected chi connectivity index (χ4v) is 2.36. The molecule has 5 heteroatoms. The lowest BCUT2D eigenvalue weighted by atomic mass is 10.1. The second-order valence-electron chi connectivity index (χ2n) is 5.72. The number of methoxy groups -OCH3 is 1. The average molecular weight is 341 g/mol. The number of benzene rings is 2. The number of nitrogens with one attached hydrogen (secondary N) is 1. The van der Waals surface area contributed by atoms with Gasteiger partial charge in [0.15, 0.2) is 5.96 Å². The second kappa shape index (κ2) is 10.4. The summed E-state index contributed by atoms with van der Waals surface area (Å²) >= 11 is 0. The van der Waals surface area contributed by atoms with Gasteiger partial charge in [0.1, 0.15) is 5.75 Å². The minimum atomic E-state index is 0.402. The molecule has 2 aromatic carbocycles. The topological polar surface area (TPSA) is 68.9 Å². The molecule has 5 nitrogen and oxygen atoms in total. The molecule has 134 valence electrons. The van der Waals surface area contributed by atoms with E-state index in [4.69, 9.17) is 15.2 Å². The number of ether oxygens (including phenoxy) is 2. The average Bonchev–Trinajstić information content (AvgIpc) is 2.64. The monoisotopic (exact) mass is 341 g/mol. The highest BCUT2D eigenvalue weighted by atomic mass is 16.5. The predicted octanol–water partition coefficient (Wildman–Crippen LogP) is 3.59. The zero-order chi connectivity index (χ0) is 17.9. The molecule has 0 amide bonds. The quantitative estimate of drug-likeness (QED) is 0.415. The van der Waals surface area contributed by atoms with E-state index in [9.17, 15) is 0 Å². The molecule has 0 spiro atoms. The van der Waals surface area contributed by atoms with Crippen LogP contribution in [0.5, 0.6) is 5.75 Å². The zero-order valence-corrected chi connectivity index (χ0v) is 15.0. The maximum absolute atomic E-state index is 5.99. The lowest BCUT2D eigenvalue weighted by Crippen LogP contribution is -2.22. The molecule has 0 saturated carbocycles. The Bertz CT molecular complexity index is 686. The number of anilines is 1. The molecule has 0 bridgehead atoms. The Morgan fingerprint density at radius 2 is 1.88 bits per heavy atom. The van der Waals surface area contributed by atoms with Crippen LogP contribution in [0.1, 0.15) is 24.5 Å². The summed E-state index contributed by atoms with van der Waals surface area (Å²) in [6.07, 6.45) is 1.86. The number of hydrogen-bond donors (Lipinski definition) is 2. The van der Waals surface area contributed by atoms with Crippen molar-refractivity contribution in [2.75, 3.05) is 25.6 Å². The fourth-order valence-electron chi connectivity index (χ4n) is 2.36. The molecular weight excluding hydrogens is 314 g/mol. The van der Waals surface area contributed by atoms with Gasteiger partial charge in [-0.3, -0.25) is 0 Å². The number of aliphatic imine (C=N–C) groups is 1. The first-order valence-electron chi connectivity index (χ1n) is 8.58. The first kappa shape index (κ1) is 18.8. The van der Waals surface area contributed by atoms with Crippen molar-refractivity contribution >= 4 is 11.6 Å². The maximum Gasteiger partial charge on any atom is 0.193 e. The van der Waals surface area contributed by atoms with Crippen molar-refractivity contribution in [3.8, 4) is 5.75 Å². The van der Waals surface area contributed by atoms with Crippen molar-refractivity contribution < 1.29 is 9.47 Å². The van der Waals surface area contributed by atoms with E-state index in [2.05, 4.69) is 29.4 Å². The SMILES string of the molecule is CCc1cccc(NC(N)=NCc2cccc(OCCCOC)c2)c1. The Labute approximate surface area is 149 Å². The normalized spacial score (nSPS) is 11.4. The van der Waals surface area contributed by atoms with Crippen molar-refractivity contribution in [1.82, 2.24) is 0 Å². The summed E-state index contributed by atoms with van der Waals surface area (Å²) in [6.45, 7) is 3.96. The van der Waals surface area contributed by atoms with Crippen molar-refractivity contribution in [3.05, 3.63) is 59.7 Å². The molecule has 25 heavy (non-hydrogen) atoms. The van der Waals surface area contributed by atoms with Crippen LogP contribution >= 0.6 is 0 Å². The lowest BCUT2D eigenvalue weighted by Gasteiger charge is -2.08. The number of nitrogens with zero attached hydrogens (tertiary/aromatic N) is 1. The van der Waals surface area contributed by atoms with E-state index >= 15 is 0 Å². The maximum atomic E-state index is 5.99. The number of aryl methyl sites for hydroxylation is 1. The van der Waals surface area contributed by atoms with Crippen LogP contribution in [0.15, 0.2) is 53.5 Å². The third kappa shape index (κ3) is 6.85. The van der Waals surface area contributed by atoms with Gasteiger partial charge >= 0.3 is 0 Å². The third-order valence-electron chi connectivity index (χ3n) is 3.70. The molecule has 0 saturated heterocycles.